The molecule has 0 spiro atoms. The van der Waals surface area contributed by atoms with Crippen LogP contribution in [-0.2, 0) is 25.7 Å². The SMILES string of the molecule is COC(=O)c1nc(Sc2ccccc2C)n(COCCOC(C)=O)n1. The van der Waals surface area contributed by atoms with Crippen LogP contribution in [0.15, 0.2) is 34.3 Å². The van der Waals surface area contributed by atoms with Gasteiger partial charge < -0.3 is 14.2 Å². The van der Waals surface area contributed by atoms with Gasteiger partial charge in [-0.3, -0.25) is 4.79 Å². The van der Waals surface area contributed by atoms with Crippen molar-refractivity contribution in [3.05, 3.63) is 35.7 Å². The third-order valence-corrected chi connectivity index (χ3v) is 4.21. The molecule has 0 aliphatic carbocycles. The number of hydrogen-bond donors (Lipinski definition) is 0. The molecule has 134 valence electrons. The summed E-state index contributed by atoms with van der Waals surface area (Å²) in [6, 6.07) is 7.81. The first-order valence-corrected chi connectivity index (χ1v) is 8.30. The highest BCUT2D eigenvalue weighted by atomic mass is 32.2. The standard InChI is InChI=1S/C16H19N3O5S/c1-11-6-4-5-7-13(11)25-16-17-14(15(21)22-3)18-19(16)10-23-8-9-24-12(2)20/h4-7H,8-10H2,1-3H3. The van der Waals surface area contributed by atoms with E-state index in [1.807, 2.05) is 31.2 Å². The maximum Gasteiger partial charge on any atom is 0.377 e. The lowest BCUT2D eigenvalue weighted by atomic mass is 10.2. The predicted molar refractivity (Wildman–Crippen MR) is 89.2 cm³/mol. The first kappa shape index (κ1) is 18.9. The van der Waals surface area contributed by atoms with Gasteiger partial charge >= 0.3 is 11.9 Å². The second-order valence-electron chi connectivity index (χ2n) is 4.95. The molecule has 2 rings (SSSR count). The van der Waals surface area contributed by atoms with E-state index in [1.165, 1.54) is 30.5 Å². The van der Waals surface area contributed by atoms with Crippen LogP contribution in [0, 0.1) is 6.92 Å². The number of esters is 2. The average molecular weight is 365 g/mol. The number of ether oxygens (including phenoxy) is 3. The summed E-state index contributed by atoms with van der Waals surface area (Å²) in [4.78, 5) is 27.6. The van der Waals surface area contributed by atoms with Crippen molar-refractivity contribution in [2.45, 2.75) is 30.6 Å². The molecule has 1 heterocycles. The highest BCUT2D eigenvalue weighted by molar-refractivity contribution is 7.99. The van der Waals surface area contributed by atoms with E-state index in [4.69, 9.17) is 9.47 Å². The van der Waals surface area contributed by atoms with E-state index in [9.17, 15) is 9.59 Å². The number of carbonyl (C=O) groups is 2. The van der Waals surface area contributed by atoms with Gasteiger partial charge in [0, 0.05) is 11.8 Å². The Morgan fingerprint density at radius 3 is 2.68 bits per heavy atom. The minimum atomic E-state index is -0.620. The van der Waals surface area contributed by atoms with Gasteiger partial charge in [-0.2, -0.15) is 4.98 Å². The zero-order valence-corrected chi connectivity index (χ0v) is 15.0. The molecule has 0 saturated carbocycles. The summed E-state index contributed by atoms with van der Waals surface area (Å²) < 4.78 is 16.3. The van der Waals surface area contributed by atoms with Crippen molar-refractivity contribution in [2.24, 2.45) is 0 Å². The lowest BCUT2D eigenvalue weighted by Crippen LogP contribution is -2.12. The van der Waals surface area contributed by atoms with Gasteiger partial charge in [0.2, 0.25) is 0 Å². The zero-order valence-electron chi connectivity index (χ0n) is 14.2. The quantitative estimate of drug-likeness (QED) is 0.518. The third-order valence-electron chi connectivity index (χ3n) is 3.05. The van der Waals surface area contributed by atoms with Crippen molar-refractivity contribution < 1.29 is 23.8 Å². The second kappa shape index (κ2) is 9.19. The van der Waals surface area contributed by atoms with E-state index in [0.717, 1.165) is 10.5 Å². The Bertz CT molecular complexity index is 747. The lowest BCUT2D eigenvalue weighted by Gasteiger charge is -2.08. The minimum Gasteiger partial charge on any atom is -0.463 e. The average Bonchev–Trinajstić information content (AvgIpc) is 2.98. The maximum atomic E-state index is 11.7. The molecular formula is C16H19N3O5S. The number of aryl methyl sites for hydroxylation is 1. The second-order valence-corrected chi connectivity index (χ2v) is 5.96. The Morgan fingerprint density at radius 1 is 1.24 bits per heavy atom. The van der Waals surface area contributed by atoms with Gasteiger partial charge in [0.25, 0.3) is 5.82 Å². The van der Waals surface area contributed by atoms with E-state index >= 15 is 0 Å². The molecule has 25 heavy (non-hydrogen) atoms. The molecule has 0 fully saturated rings. The van der Waals surface area contributed by atoms with Gasteiger partial charge in [-0.1, -0.05) is 18.2 Å². The molecule has 0 aliphatic rings. The fraction of sp³-hybridized carbons (Fsp3) is 0.375. The van der Waals surface area contributed by atoms with Crippen LogP contribution >= 0.6 is 11.8 Å². The largest absolute Gasteiger partial charge is 0.463 e. The van der Waals surface area contributed by atoms with E-state index in [2.05, 4.69) is 14.8 Å². The van der Waals surface area contributed by atoms with Gasteiger partial charge in [0.15, 0.2) is 5.16 Å². The van der Waals surface area contributed by atoms with E-state index < -0.39 is 5.97 Å². The number of benzene rings is 1. The molecule has 1 aromatic carbocycles. The van der Waals surface area contributed by atoms with Crippen LogP contribution in [0.4, 0.5) is 0 Å². The number of hydrogen-bond acceptors (Lipinski definition) is 8. The molecule has 0 bridgehead atoms. The van der Waals surface area contributed by atoms with Crippen LogP contribution in [0.1, 0.15) is 23.1 Å². The first-order valence-electron chi connectivity index (χ1n) is 7.49. The van der Waals surface area contributed by atoms with Gasteiger partial charge in [0.1, 0.15) is 13.3 Å². The van der Waals surface area contributed by atoms with E-state index in [-0.39, 0.29) is 31.7 Å². The highest BCUT2D eigenvalue weighted by Gasteiger charge is 2.18. The Balaban J connectivity index is 2.10. The molecule has 0 aliphatic heterocycles. The molecule has 0 saturated heterocycles. The van der Waals surface area contributed by atoms with Crippen LogP contribution in [0.25, 0.3) is 0 Å². The van der Waals surface area contributed by atoms with E-state index in [0.29, 0.717) is 5.16 Å². The monoisotopic (exact) mass is 365 g/mol. The number of nitrogens with zero attached hydrogens (tertiary/aromatic N) is 3. The number of methoxy groups -OCH3 is 1. The van der Waals surface area contributed by atoms with Crippen LogP contribution in [0.3, 0.4) is 0 Å². The van der Waals surface area contributed by atoms with E-state index in [1.54, 1.807) is 0 Å². The molecule has 2 aromatic rings. The van der Waals surface area contributed by atoms with Crippen LogP contribution in [-0.4, -0.2) is 47.0 Å². The molecule has 0 N–H and O–H groups in total. The molecule has 1 aromatic heterocycles. The minimum absolute atomic E-state index is 0.0397. The van der Waals surface area contributed by atoms with Crippen molar-refractivity contribution in [1.29, 1.82) is 0 Å². The Morgan fingerprint density at radius 2 is 2.00 bits per heavy atom. The Labute approximate surface area is 149 Å². The molecule has 0 radical (unpaired) electrons. The summed E-state index contributed by atoms with van der Waals surface area (Å²) in [6.07, 6.45) is 0. The van der Waals surface area contributed by atoms with Crippen molar-refractivity contribution in [1.82, 2.24) is 14.8 Å². The molecule has 8 nitrogen and oxygen atoms in total. The topological polar surface area (TPSA) is 92.5 Å². The summed E-state index contributed by atoms with van der Waals surface area (Å²) in [7, 11) is 1.27. The van der Waals surface area contributed by atoms with Gasteiger partial charge in [-0.05, 0) is 30.3 Å². The van der Waals surface area contributed by atoms with Crippen molar-refractivity contribution in [2.75, 3.05) is 20.3 Å². The predicted octanol–water partition coefficient (Wildman–Crippen LogP) is 2.06. The van der Waals surface area contributed by atoms with Gasteiger partial charge in [0.05, 0.1) is 13.7 Å². The summed E-state index contributed by atoms with van der Waals surface area (Å²) in [6.45, 7) is 3.74. The van der Waals surface area contributed by atoms with Crippen molar-refractivity contribution in [3.63, 3.8) is 0 Å². The van der Waals surface area contributed by atoms with Gasteiger partial charge in [-0.15, -0.1) is 5.10 Å². The smallest absolute Gasteiger partial charge is 0.377 e. The number of aromatic nitrogens is 3. The number of carbonyl (C=O) groups excluding carboxylic acids is 2. The maximum absolute atomic E-state index is 11.7. The van der Waals surface area contributed by atoms with Gasteiger partial charge in [-0.25, -0.2) is 9.48 Å². The zero-order chi connectivity index (χ0) is 18.2. The summed E-state index contributed by atoms with van der Waals surface area (Å²) >= 11 is 1.37. The molecule has 0 amide bonds. The Hall–Kier alpha value is -2.39. The van der Waals surface area contributed by atoms with Crippen LogP contribution in [0.2, 0.25) is 0 Å². The fourth-order valence-corrected chi connectivity index (χ4v) is 2.73. The molecular weight excluding hydrogens is 346 g/mol. The van der Waals surface area contributed by atoms with Crippen LogP contribution < -0.4 is 0 Å². The number of rotatable bonds is 8. The lowest BCUT2D eigenvalue weighted by molar-refractivity contribution is -0.143. The summed E-state index contributed by atoms with van der Waals surface area (Å²) in [5, 5.41) is 4.62. The van der Waals surface area contributed by atoms with Crippen molar-refractivity contribution in [3.8, 4) is 0 Å². The first-order chi connectivity index (χ1) is 12.0. The molecule has 9 heteroatoms. The highest BCUT2D eigenvalue weighted by Crippen LogP contribution is 2.28. The molecule has 0 unspecified atom stereocenters. The summed E-state index contributed by atoms with van der Waals surface area (Å²) in [5.74, 6) is -1.03. The third kappa shape index (κ3) is 5.57. The normalized spacial score (nSPS) is 10.5. The Kier molecular flexibility index (Phi) is 6.96. The van der Waals surface area contributed by atoms with Crippen molar-refractivity contribution >= 4 is 23.7 Å². The van der Waals surface area contributed by atoms with Crippen LogP contribution in [0.5, 0.6) is 0 Å². The summed E-state index contributed by atoms with van der Waals surface area (Å²) in [5.41, 5.74) is 1.08. The fourth-order valence-electron chi connectivity index (χ4n) is 1.83. The molecule has 0 atom stereocenters.